The Morgan fingerprint density at radius 3 is 2.56 bits per heavy atom. The molecule has 0 fully saturated rings. The highest BCUT2D eigenvalue weighted by Crippen LogP contribution is 2.41. The molecule has 0 aromatic heterocycles. The van der Waals surface area contributed by atoms with Crippen molar-refractivity contribution in [3.63, 3.8) is 0 Å². The molecule has 1 aromatic rings. The van der Waals surface area contributed by atoms with Gasteiger partial charge in [0.15, 0.2) is 0 Å². The smallest absolute Gasteiger partial charge is 0.296 e. The first-order chi connectivity index (χ1) is 8.70. The first-order valence-electron chi connectivity index (χ1n) is 5.34. The zero-order valence-corrected chi connectivity index (χ0v) is 10.4. The summed E-state index contributed by atoms with van der Waals surface area (Å²) in [6.45, 7) is 0. The second-order valence-corrected chi connectivity index (χ2v) is 4.78. The van der Waals surface area contributed by atoms with E-state index in [0.717, 1.165) is 5.69 Å². The van der Waals surface area contributed by atoms with Gasteiger partial charge in [-0.25, -0.2) is 0 Å². The highest BCUT2D eigenvalue weighted by molar-refractivity contribution is 7.50. The van der Waals surface area contributed by atoms with Crippen molar-refractivity contribution in [2.75, 3.05) is 5.32 Å². The summed E-state index contributed by atoms with van der Waals surface area (Å²) in [6, 6.07) is 9.43. The summed E-state index contributed by atoms with van der Waals surface area (Å²) < 4.78 is 0. The maximum Gasteiger partial charge on any atom is 0.296 e. The van der Waals surface area contributed by atoms with Crippen LogP contribution in [-0.4, -0.2) is 20.3 Å². The Hall–Kier alpha value is -1.77. The first-order valence-corrected chi connectivity index (χ1v) is 6.58. The first kappa shape index (κ1) is 12.7. The highest BCUT2D eigenvalue weighted by Gasteiger charge is 2.22. The minimum Gasteiger partial charge on any atom is -0.361 e. The zero-order chi connectivity index (χ0) is 13.0. The lowest BCUT2D eigenvalue weighted by molar-refractivity contribution is -0.00544. The molecular weight excluding hydrogens is 249 g/mol. The molecule has 0 saturated carbocycles. The van der Waals surface area contributed by atoms with Gasteiger partial charge in [-0.05, 0) is 18.2 Å². The number of para-hydroxylation sites is 1. The van der Waals surface area contributed by atoms with Crippen molar-refractivity contribution in [3.8, 4) is 0 Å². The Bertz CT molecular complexity index is 546. The molecule has 0 atom stereocenters. The molecule has 0 aliphatic heterocycles. The van der Waals surface area contributed by atoms with Gasteiger partial charge in [0.05, 0.1) is 11.7 Å². The van der Waals surface area contributed by atoms with Gasteiger partial charge in [-0.15, -0.1) is 0 Å². The van der Waals surface area contributed by atoms with E-state index in [1.807, 2.05) is 30.3 Å². The van der Waals surface area contributed by atoms with Crippen molar-refractivity contribution in [1.82, 2.24) is 0 Å². The van der Waals surface area contributed by atoms with E-state index in [1.165, 1.54) is 6.08 Å². The van der Waals surface area contributed by atoms with Crippen LogP contribution in [0.15, 0.2) is 53.5 Å². The average Bonchev–Trinajstić information content (AvgIpc) is 2.40. The summed E-state index contributed by atoms with van der Waals surface area (Å²) in [5, 5.41) is 3.45. The van der Waals surface area contributed by atoms with Crippen molar-refractivity contribution in [2.24, 2.45) is 0 Å². The Kier molecular flexibility index (Phi) is 4.03. The Labute approximate surface area is 106 Å². The molecule has 0 unspecified atom stereocenters. The van der Waals surface area contributed by atoms with Crippen LogP contribution in [0.3, 0.4) is 0 Å². The second kappa shape index (κ2) is 5.71. The van der Waals surface area contributed by atoms with Crippen LogP contribution in [-0.2, 0) is 0 Å². The Morgan fingerprint density at radius 2 is 1.94 bits per heavy atom. The number of benzene rings is 1. The highest BCUT2D eigenvalue weighted by atomic mass is 31.2. The van der Waals surface area contributed by atoms with E-state index in [4.69, 9.17) is 5.53 Å². The molecule has 5 nitrogen and oxygen atoms in total. The molecule has 0 bridgehead atoms. The van der Waals surface area contributed by atoms with Crippen molar-refractivity contribution >= 4 is 19.8 Å². The minimum atomic E-state index is -2.25. The predicted octanol–water partition coefficient (Wildman–Crippen LogP) is 2.24. The summed E-state index contributed by atoms with van der Waals surface area (Å²) in [5.41, 5.74) is 10.6. The van der Waals surface area contributed by atoms with Crippen LogP contribution in [0.25, 0.3) is 5.53 Å². The summed E-state index contributed by atoms with van der Waals surface area (Å²) in [4.78, 5) is 21.8. The predicted molar refractivity (Wildman–Crippen MR) is 70.8 cm³/mol. The quantitative estimate of drug-likeness (QED) is 0.443. The van der Waals surface area contributed by atoms with Gasteiger partial charge in [-0.3, -0.25) is 0 Å². The topological polar surface area (TPSA) is 88.9 Å². The third-order valence-corrected chi connectivity index (χ3v) is 3.29. The fraction of sp³-hybridized carbons (Fsp3) is 0.0833. The standard InChI is InChI=1S/C12H12N3O2P/c13-15-10-6-7-11(12(8-10)18(16)17)14-9-4-2-1-3-5-9/h1-5,7-8,14,16-17H,6H2. The lowest BCUT2D eigenvalue weighted by atomic mass is 10.1. The molecule has 18 heavy (non-hydrogen) atoms. The lowest BCUT2D eigenvalue weighted by Crippen LogP contribution is -2.10. The van der Waals surface area contributed by atoms with Gasteiger partial charge in [0.25, 0.3) is 5.71 Å². The molecule has 0 saturated heterocycles. The molecule has 2 rings (SSSR count). The third-order valence-electron chi connectivity index (χ3n) is 2.49. The number of allylic oxidation sites excluding steroid dienone is 3. The summed E-state index contributed by atoms with van der Waals surface area (Å²) in [5.74, 6) is 0. The van der Waals surface area contributed by atoms with Gasteiger partial charge < -0.3 is 20.6 Å². The summed E-state index contributed by atoms with van der Waals surface area (Å²) in [7, 11) is -2.25. The van der Waals surface area contributed by atoms with Crippen LogP contribution in [0, 0.1) is 0 Å². The fourth-order valence-corrected chi connectivity index (χ4v) is 2.26. The van der Waals surface area contributed by atoms with E-state index in [9.17, 15) is 9.79 Å². The van der Waals surface area contributed by atoms with E-state index in [0.29, 0.717) is 23.1 Å². The number of anilines is 1. The molecule has 3 N–H and O–H groups in total. The molecule has 1 aliphatic rings. The minimum absolute atomic E-state index is 0.341. The van der Waals surface area contributed by atoms with Crippen molar-refractivity contribution in [3.05, 3.63) is 59.0 Å². The van der Waals surface area contributed by atoms with Crippen molar-refractivity contribution in [1.29, 1.82) is 0 Å². The number of hydrogen-bond donors (Lipinski definition) is 3. The van der Waals surface area contributed by atoms with E-state index in [2.05, 4.69) is 10.1 Å². The van der Waals surface area contributed by atoms with Crippen LogP contribution in [0.4, 0.5) is 5.69 Å². The van der Waals surface area contributed by atoms with E-state index in [1.54, 1.807) is 6.08 Å². The van der Waals surface area contributed by atoms with Crippen molar-refractivity contribution in [2.45, 2.75) is 6.42 Å². The fourth-order valence-electron chi connectivity index (χ4n) is 1.63. The zero-order valence-electron chi connectivity index (χ0n) is 9.48. The molecule has 92 valence electrons. The van der Waals surface area contributed by atoms with Crippen molar-refractivity contribution < 1.29 is 14.6 Å². The van der Waals surface area contributed by atoms with Gasteiger partial charge in [-0.2, -0.15) is 4.79 Å². The normalized spacial score (nSPS) is 14.9. The van der Waals surface area contributed by atoms with Gasteiger partial charge >= 0.3 is 0 Å². The maximum absolute atomic E-state index is 9.37. The van der Waals surface area contributed by atoms with E-state index < -0.39 is 8.38 Å². The lowest BCUT2D eigenvalue weighted by Gasteiger charge is -2.17. The van der Waals surface area contributed by atoms with Gasteiger partial charge in [0, 0.05) is 17.5 Å². The molecule has 0 heterocycles. The maximum atomic E-state index is 9.37. The van der Waals surface area contributed by atoms with Gasteiger partial charge in [0.2, 0.25) is 8.38 Å². The monoisotopic (exact) mass is 261 g/mol. The largest absolute Gasteiger partial charge is 0.361 e. The molecule has 6 heteroatoms. The Balaban J connectivity index is 2.25. The van der Waals surface area contributed by atoms with E-state index in [-0.39, 0.29) is 0 Å². The second-order valence-electron chi connectivity index (χ2n) is 3.72. The van der Waals surface area contributed by atoms with Crippen LogP contribution >= 0.6 is 8.38 Å². The Morgan fingerprint density at radius 1 is 1.22 bits per heavy atom. The molecule has 0 amide bonds. The molecule has 1 aliphatic carbocycles. The number of rotatable bonds is 3. The van der Waals surface area contributed by atoms with Gasteiger partial charge in [-0.1, -0.05) is 18.2 Å². The number of hydrogen-bond acceptors (Lipinski definition) is 3. The molecule has 0 spiro atoms. The number of nitrogens with one attached hydrogen (secondary N) is 1. The van der Waals surface area contributed by atoms with Gasteiger partial charge in [0.1, 0.15) is 0 Å². The number of nitrogens with zero attached hydrogens (tertiary/aromatic N) is 2. The van der Waals surface area contributed by atoms with Crippen LogP contribution in [0.2, 0.25) is 0 Å². The SMILES string of the molecule is [N-]=[N+]=C1C=C(P(O)O)C(Nc2ccccc2)=CC1. The summed E-state index contributed by atoms with van der Waals surface area (Å²) >= 11 is 0. The molecule has 0 radical (unpaired) electrons. The van der Waals surface area contributed by atoms with Crippen LogP contribution in [0.5, 0.6) is 0 Å². The molecular formula is C12H12N3O2P. The van der Waals surface area contributed by atoms with Crippen LogP contribution < -0.4 is 5.32 Å². The van der Waals surface area contributed by atoms with E-state index >= 15 is 0 Å². The average molecular weight is 261 g/mol. The third kappa shape index (κ3) is 2.92. The molecule has 1 aromatic carbocycles. The summed E-state index contributed by atoms with van der Waals surface area (Å²) in [6.07, 6.45) is 3.69. The van der Waals surface area contributed by atoms with Crippen LogP contribution in [0.1, 0.15) is 6.42 Å².